The maximum Gasteiger partial charge on any atom is 0.337 e. The van der Waals surface area contributed by atoms with Crippen molar-refractivity contribution in [2.24, 2.45) is 7.05 Å². The molecule has 0 bridgehead atoms. The van der Waals surface area contributed by atoms with E-state index in [9.17, 15) is 4.79 Å². The Morgan fingerprint density at radius 2 is 1.85 bits per heavy atom. The van der Waals surface area contributed by atoms with Crippen LogP contribution in [0, 0.1) is 6.92 Å². The third-order valence-electron chi connectivity index (χ3n) is 3.29. The van der Waals surface area contributed by atoms with Gasteiger partial charge in [-0.3, -0.25) is 0 Å². The lowest BCUT2D eigenvalue weighted by molar-refractivity contribution is 0.0696. The van der Waals surface area contributed by atoms with Crippen LogP contribution in [0.25, 0.3) is 11.3 Å². The van der Waals surface area contributed by atoms with E-state index in [-0.39, 0.29) is 6.10 Å². The number of carboxylic acid groups (broad SMARTS) is 1. The number of aromatic carboxylic acids is 1. The third-order valence-corrected chi connectivity index (χ3v) is 3.29. The first-order chi connectivity index (χ1) is 9.40. The molecule has 20 heavy (non-hydrogen) atoms. The van der Waals surface area contributed by atoms with Gasteiger partial charge in [-0.25, -0.2) is 4.79 Å². The zero-order valence-corrected chi connectivity index (χ0v) is 12.2. The average molecular weight is 273 g/mol. The van der Waals surface area contributed by atoms with Gasteiger partial charge in [0.25, 0.3) is 0 Å². The summed E-state index contributed by atoms with van der Waals surface area (Å²) in [7, 11) is 1.87. The molecule has 0 radical (unpaired) electrons. The van der Waals surface area contributed by atoms with Crippen molar-refractivity contribution in [1.82, 2.24) is 4.57 Å². The zero-order chi connectivity index (χ0) is 14.9. The zero-order valence-electron chi connectivity index (χ0n) is 12.2. The van der Waals surface area contributed by atoms with E-state index in [1.165, 1.54) is 0 Å². The number of carboxylic acids is 1. The molecule has 0 aliphatic carbocycles. The quantitative estimate of drug-likeness (QED) is 0.927. The van der Waals surface area contributed by atoms with E-state index in [0.717, 1.165) is 22.7 Å². The summed E-state index contributed by atoms with van der Waals surface area (Å²) >= 11 is 0. The summed E-state index contributed by atoms with van der Waals surface area (Å²) in [5, 5.41) is 9.16. The fourth-order valence-electron chi connectivity index (χ4n) is 2.17. The lowest BCUT2D eigenvalue weighted by Crippen LogP contribution is -2.05. The number of ether oxygens (including phenoxy) is 1. The normalized spacial score (nSPS) is 10.8. The molecule has 0 saturated heterocycles. The smallest absolute Gasteiger partial charge is 0.337 e. The second kappa shape index (κ2) is 5.41. The molecule has 0 unspecified atom stereocenters. The summed E-state index contributed by atoms with van der Waals surface area (Å²) in [6.45, 7) is 5.77. The topological polar surface area (TPSA) is 51.5 Å². The Labute approximate surface area is 118 Å². The summed E-state index contributed by atoms with van der Waals surface area (Å²) in [6.07, 6.45) is 0.136. The molecule has 0 spiro atoms. The van der Waals surface area contributed by atoms with Gasteiger partial charge in [0.2, 0.25) is 0 Å². The molecule has 106 valence electrons. The Morgan fingerprint density at radius 3 is 2.30 bits per heavy atom. The first kappa shape index (κ1) is 14.2. The Hall–Kier alpha value is -2.23. The average Bonchev–Trinajstić information content (AvgIpc) is 2.67. The van der Waals surface area contributed by atoms with Crippen LogP contribution in [-0.4, -0.2) is 21.7 Å². The predicted octanol–water partition coefficient (Wildman–Crippen LogP) is 3.49. The molecule has 4 heteroatoms. The van der Waals surface area contributed by atoms with E-state index in [4.69, 9.17) is 9.84 Å². The van der Waals surface area contributed by atoms with Gasteiger partial charge < -0.3 is 14.4 Å². The number of hydrogen-bond donors (Lipinski definition) is 1. The fourth-order valence-corrected chi connectivity index (χ4v) is 2.17. The van der Waals surface area contributed by atoms with E-state index < -0.39 is 5.97 Å². The highest BCUT2D eigenvalue weighted by Crippen LogP contribution is 2.26. The molecule has 1 N–H and O–H groups in total. The number of rotatable bonds is 4. The van der Waals surface area contributed by atoms with Crippen LogP contribution in [0.15, 0.2) is 30.3 Å². The second-order valence-electron chi connectivity index (χ2n) is 5.08. The van der Waals surface area contributed by atoms with Crippen LogP contribution in [0.2, 0.25) is 0 Å². The van der Waals surface area contributed by atoms with Crippen LogP contribution in [0.3, 0.4) is 0 Å². The third kappa shape index (κ3) is 2.69. The minimum Gasteiger partial charge on any atom is -0.491 e. The van der Waals surface area contributed by atoms with Crippen molar-refractivity contribution in [3.05, 3.63) is 41.6 Å². The van der Waals surface area contributed by atoms with Crippen LogP contribution in [-0.2, 0) is 7.05 Å². The van der Waals surface area contributed by atoms with Gasteiger partial charge in [-0.2, -0.15) is 0 Å². The molecule has 2 aromatic rings. The van der Waals surface area contributed by atoms with Gasteiger partial charge in [0.05, 0.1) is 11.7 Å². The molecule has 1 aromatic heterocycles. The van der Waals surface area contributed by atoms with Crippen LogP contribution in [0.5, 0.6) is 5.75 Å². The summed E-state index contributed by atoms with van der Waals surface area (Å²) in [6, 6.07) is 9.39. The number of aromatic nitrogens is 1. The molecule has 0 aliphatic heterocycles. The lowest BCUT2D eigenvalue weighted by Gasteiger charge is -2.10. The van der Waals surface area contributed by atoms with Crippen LogP contribution >= 0.6 is 0 Å². The van der Waals surface area contributed by atoms with Crippen molar-refractivity contribution in [2.75, 3.05) is 0 Å². The van der Waals surface area contributed by atoms with Gasteiger partial charge >= 0.3 is 5.97 Å². The Bertz CT molecular complexity index is 624. The number of hydrogen-bond acceptors (Lipinski definition) is 2. The predicted molar refractivity (Wildman–Crippen MR) is 78.3 cm³/mol. The SMILES string of the molecule is Cc1c(C(=O)O)cc(-c2ccc(OC(C)C)cc2)n1C. The fraction of sp³-hybridized carbons (Fsp3) is 0.312. The molecule has 2 rings (SSSR count). The number of nitrogens with zero attached hydrogens (tertiary/aromatic N) is 1. The highest BCUT2D eigenvalue weighted by molar-refractivity contribution is 5.91. The van der Waals surface area contributed by atoms with Gasteiger partial charge in [0.15, 0.2) is 0 Å². The minimum absolute atomic E-state index is 0.136. The van der Waals surface area contributed by atoms with Crippen molar-refractivity contribution in [2.45, 2.75) is 26.9 Å². The van der Waals surface area contributed by atoms with E-state index in [1.807, 2.05) is 56.7 Å². The molecule has 0 aliphatic rings. The van der Waals surface area contributed by atoms with Gasteiger partial charge in [0, 0.05) is 18.4 Å². The van der Waals surface area contributed by atoms with E-state index in [0.29, 0.717) is 5.56 Å². The second-order valence-corrected chi connectivity index (χ2v) is 5.08. The highest BCUT2D eigenvalue weighted by Gasteiger charge is 2.15. The number of carbonyl (C=O) groups is 1. The van der Waals surface area contributed by atoms with E-state index >= 15 is 0 Å². The van der Waals surface area contributed by atoms with Gasteiger partial charge in [-0.15, -0.1) is 0 Å². The van der Waals surface area contributed by atoms with Gasteiger partial charge in [-0.1, -0.05) is 0 Å². The van der Waals surface area contributed by atoms with E-state index in [2.05, 4.69) is 0 Å². The summed E-state index contributed by atoms with van der Waals surface area (Å²) in [5.74, 6) is -0.0859. The molecule has 0 saturated carbocycles. The van der Waals surface area contributed by atoms with Crippen molar-refractivity contribution in [1.29, 1.82) is 0 Å². The number of benzene rings is 1. The van der Waals surface area contributed by atoms with Crippen molar-refractivity contribution >= 4 is 5.97 Å². The Kier molecular flexibility index (Phi) is 3.84. The first-order valence-electron chi connectivity index (χ1n) is 6.57. The molecule has 4 nitrogen and oxygen atoms in total. The van der Waals surface area contributed by atoms with Crippen LogP contribution in [0.1, 0.15) is 29.9 Å². The maximum atomic E-state index is 11.2. The Morgan fingerprint density at radius 1 is 1.25 bits per heavy atom. The summed E-state index contributed by atoms with van der Waals surface area (Å²) < 4.78 is 7.49. The summed E-state index contributed by atoms with van der Waals surface area (Å²) in [5.41, 5.74) is 2.94. The molecule has 1 aromatic carbocycles. The maximum absolute atomic E-state index is 11.2. The van der Waals surface area contributed by atoms with Crippen molar-refractivity contribution in [3.63, 3.8) is 0 Å². The van der Waals surface area contributed by atoms with Gasteiger partial charge in [-0.05, 0) is 56.7 Å². The molecule has 1 heterocycles. The molecular weight excluding hydrogens is 254 g/mol. The highest BCUT2D eigenvalue weighted by atomic mass is 16.5. The summed E-state index contributed by atoms with van der Waals surface area (Å²) in [4.78, 5) is 11.2. The lowest BCUT2D eigenvalue weighted by atomic mass is 10.1. The largest absolute Gasteiger partial charge is 0.491 e. The molecule has 0 amide bonds. The van der Waals surface area contributed by atoms with Crippen molar-refractivity contribution in [3.8, 4) is 17.0 Å². The van der Waals surface area contributed by atoms with Gasteiger partial charge in [0.1, 0.15) is 5.75 Å². The minimum atomic E-state index is -0.899. The Balaban J connectivity index is 2.37. The first-order valence-corrected chi connectivity index (χ1v) is 6.57. The van der Waals surface area contributed by atoms with Crippen molar-refractivity contribution < 1.29 is 14.6 Å². The molecular formula is C16H19NO3. The van der Waals surface area contributed by atoms with Crippen LogP contribution < -0.4 is 4.74 Å². The van der Waals surface area contributed by atoms with Crippen LogP contribution in [0.4, 0.5) is 0 Å². The standard InChI is InChI=1S/C16H19NO3/c1-10(2)20-13-7-5-12(6-8-13)15-9-14(16(18)19)11(3)17(15)4/h5-10H,1-4H3,(H,18,19). The molecule has 0 atom stereocenters. The van der Waals surface area contributed by atoms with E-state index in [1.54, 1.807) is 6.07 Å². The molecule has 0 fully saturated rings. The monoisotopic (exact) mass is 273 g/mol.